The topological polar surface area (TPSA) is 65.4 Å². The van der Waals surface area contributed by atoms with Crippen molar-refractivity contribution >= 4 is 5.70 Å². The Hall–Kier alpha value is -3.53. The molecule has 128 valence electrons. The van der Waals surface area contributed by atoms with Crippen LogP contribution in [0.5, 0.6) is 11.5 Å². The van der Waals surface area contributed by atoms with E-state index in [1.807, 2.05) is 60.7 Å². The van der Waals surface area contributed by atoms with Crippen molar-refractivity contribution in [1.82, 2.24) is 10.3 Å². The van der Waals surface area contributed by atoms with Crippen LogP contribution < -0.4 is 5.32 Å². The Morgan fingerprint density at radius 3 is 1.96 bits per heavy atom. The number of dihydropyridines is 1. The Balaban J connectivity index is 1.92. The Labute approximate surface area is 151 Å². The second-order valence-electron chi connectivity index (χ2n) is 6.12. The third-order valence-corrected chi connectivity index (χ3v) is 4.54. The monoisotopic (exact) mass is 342 g/mol. The van der Waals surface area contributed by atoms with Crippen molar-refractivity contribution < 1.29 is 10.2 Å². The molecule has 2 heterocycles. The molecule has 0 saturated heterocycles. The average Bonchev–Trinajstić information content (AvgIpc) is 2.69. The number of hydrogen-bond donors (Lipinski definition) is 3. The second kappa shape index (κ2) is 6.41. The van der Waals surface area contributed by atoms with Gasteiger partial charge < -0.3 is 15.5 Å². The fourth-order valence-corrected chi connectivity index (χ4v) is 3.33. The maximum atomic E-state index is 10.5. The predicted octanol–water partition coefficient (Wildman–Crippen LogP) is 3.94. The van der Waals surface area contributed by atoms with Gasteiger partial charge in [0.25, 0.3) is 0 Å². The van der Waals surface area contributed by atoms with E-state index in [1.165, 1.54) is 0 Å². The molecule has 0 aliphatic carbocycles. The first-order valence-corrected chi connectivity index (χ1v) is 8.37. The van der Waals surface area contributed by atoms with E-state index in [2.05, 4.69) is 10.3 Å². The fourth-order valence-electron chi connectivity index (χ4n) is 3.33. The number of nitrogens with zero attached hydrogens (tertiary/aromatic N) is 1. The number of benzene rings is 2. The molecule has 4 rings (SSSR count). The molecule has 0 spiro atoms. The van der Waals surface area contributed by atoms with E-state index < -0.39 is 5.54 Å². The van der Waals surface area contributed by atoms with Crippen molar-refractivity contribution in [2.24, 2.45) is 0 Å². The lowest BCUT2D eigenvalue weighted by Crippen LogP contribution is -2.42. The summed E-state index contributed by atoms with van der Waals surface area (Å²) in [6, 6.07) is 20.0. The second-order valence-corrected chi connectivity index (χ2v) is 6.12. The van der Waals surface area contributed by atoms with Gasteiger partial charge in [-0.1, -0.05) is 48.5 Å². The molecule has 0 saturated carbocycles. The van der Waals surface area contributed by atoms with Crippen LogP contribution in [0.1, 0.15) is 16.8 Å². The lowest BCUT2D eigenvalue weighted by molar-refractivity contribution is 0.427. The highest BCUT2D eigenvalue weighted by Crippen LogP contribution is 2.42. The minimum atomic E-state index is -0.918. The van der Waals surface area contributed by atoms with E-state index in [0.29, 0.717) is 11.1 Å². The van der Waals surface area contributed by atoms with Gasteiger partial charge in [0.05, 0.1) is 11.4 Å². The summed E-state index contributed by atoms with van der Waals surface area (Å²) in [5.41, 5.74) is 1.98. The number of pyridine rings is 1. The lowest BCUT2D eigenvalue weighted by atomic mass is 9.79. The highest BCUT2D eigenvalue weighted by atomic mass is 16.3. The van der Waals surface area contributed by atoms with Crippen LogP contribution >= 0.6 is 0 Å². The Morgan fingerprint density at radius 1 is 0.769 bits per heavy atom. The van der Waals surface area contributed by atoms with Gasteiger partial charge in [0, 0.05) is 17.3 Å². The lowest BCUT2D eigenvalue weighted by Gasteiger charge is -2.37. The van der Waals surface area contributed by atoms with E-state index >= 15 is 0 Å². The van der Waals surface area contributed by atoms with Crippen LogP contribution in [0.15, 0.2) is 91.2 Å². The normalized spacial score (nSPS) is 15.2. The molecule has 2 aromatic carbocycles. The molecule has 0 radical (unpaired) electrons. The summed E-state index contributed by atoms with van der Waals surface area (Å²) in [7, 11) is 0. The fraction of sp³-hybridized carbons (Fsp3) is 0.0455. The predicted molar refractivity (Wildman–Crippen MR) is 101 cm³/mol. The SMILES string of the molecule is Oc1ccccc1C1(c2ccccc2O)C=CC=C(c2ccccn2)N1. The zero-order valence-corrected chi connectivity index (χ0v) is 14.0. The molecule has 1 aromatic heterocycles. The maximum Gasteiger partial charge on any atom is 0.121 e. The van der Waals surface area contributed by atoms with Crippen LogP contribution in [0.4, 0.5) is 0 Å². The summed E-state index contributed by atoms with van der Waals surface area (Å²) in [4.78, 5) is 4.41. The molecule has 1 aliphatic rings. The average molecular weight is 342 g/mol. The first kappa shape index (κ1) is 16.0. The van der Waals surface area contributed by atoms with Gasteiger partial charge in [-0.3, -0.25) is 4.98 Å². The summed E-state index contributed by atoms with van der Waals surface area (Å²) < 4.78 is 0. The van der Waals surface area contributed by atoms with Crippen molar-refractivity contribution in [3.8, 4) is 11.5 Å². The number of aromatic hydroxyl groups is 2. The molecule has 0 bridgehead atoms. The standard InChI is InChI=1S/C22H18N2O2/c25-20-12-3-1-8-16(20)22(17-9-2-4-13-21(17)26)14-7-11-19(24-22)18-10-5-6-15-23-18/h1-15,24-26H. The van der Waals surface area contributed by atoms with E-state index in [-0.39, 0.29) is 11.5 Å². The molecule has 1 aliphatic heterocycles. The highest BCUT2D eigenvalue weighted by molar-refractivity contribution is 5.69. The van der Waals surface area contributed by atoms with Crippen molar-refractivity contribution in [3.05, 3.63) is 108 Å². The summed E-state index contributed by atoms with van der Waals surface area (Å²) in [6.07, 6.45) is 7.52. The highest BCUT2D eigenvalue weighted by Gasteiger charge is 2.38. The van der Waals surface area contributed by atoms with E-state index in [0.717, 1.165) is 11.4 Å². The number of para-hydroxylation sites is 2. The number of hydrogen-bond acceptors (Lipinski definition) is 4. The first-order chi connectivity index (χ1) is 12.7. The third-order valence-electron chi connectivity index (χ3n) is 4.54. The summed E-state index contributed by atoms with van der Waals surface area (Å²) in [6.45, 7) is 0. The summed E-state index contributed by atoms with van der Waals surface area (Å²) in [5, 5.41) is 24.6. The summed E-state index contributed by atoms with van der Waals surface area (Å²) >= 11 is 0. The molecular formula is C22H18N2O2. The van der Waals surface area contributed by atoms with E-state index in [1.54, 1.807) is 30.5 Å². The smallest absolute Gasteiger partial charge is 0.121 e. The van der Waals surface area contributed by atoms with Crippen LogP contribution in [0, 0.1) is 0 Å². The Morgan fingerprint density at radius 2 is 1.38 bits per heavy atom. The molecule has 4 nitrogen and oxygen atoms in total. The van der Waals surface area contributed by atoms with Gasteiger partial charge in [-0.15, -0.1) is 0 Å². The minimum absolute atomic E-state index is 0.148. The van der Waals surface area contributed by atoms with Crippen molar-refractivity contribution in [1.29, 1.82) is 0 Å². The van der Waals surface area contributed by atoms with Gasteiger partial charge in [-0.25, -0.2) is 0 Å². The van der Waals surface area contributed by atoms with Gasteiger partial charge in [0.1, 0.15) is 17.0 Å². The molecule has 4 heteroatoms. The molecular weight excluding hydrogens is 324 g/mol. The number of rotatable bonds is 3. The quantitative estimate of drug-likeness (QED) is 0.675. The van der Waals surface area contributed by atoms with Gasteiger partial charge in [-0.05, 0) is 36.4 Å². The molecule has 0 atom stereocenters. The van der Waals surface area contributed by atoms with Crippen molar-refractivity contribution in [2.45, 2.75) is 5.54 Å². The Bertz CT molecular complexity index is 948. The summed E-state index contributed by atoms with van der Waals surface area (Å²) in [5.74, 6) is 0.297. The number of allylic oxidation sites excluding steroid dienone is 2. The largest absolute Gasteiger partial charge is 0.508 e. The number of phenols is 2. The molecule has 0 unspecified atom stereocenters. The van der Waals surface area contributed by atoms with Crippen LogP contribution in [0.25, 0.3) is 5.70 Å². The van der Waals surface area contributed by atoms with Gasteiger partial charge in [-0.2, -0.15) is 0 Å². The van der Waals surface area contributed by atoms with Gasteiger partial charge in [0.15, 0.2) is 0 Å². The zero-order valence-electron chi connectivity index (χ0n) is 14.0. The maximum absolute atomic E-state index is 10.5. The number of nitrogens with one attached hydrogen (secondary N) is 1. The molecule has 0 amide bonds. The van der Waals surface area contributed by atoms with Crippen LogP contribution in [-0.2, 0) is 5.54 Å². The van der Waals surface area contributed by atoms with Crippen LogP contribution in [-0.4, -0.2) is 15.2 Å². The van der Waals surface area contributed by atoms with E-state index in [4.69, 9.17) is 0 Å². The number of aromatic nitrogens is 1. The molecule has 3 N–H and O–H groups in total. The third kappa shape index (κ3) is 2.62. The van der Waals surface area contributed by atoms with Crippen molar-refractivity contribution in [3.63, 3.8) is 0 Å². The molecule has 0 fully saturated rings. The molecule has 3 aromatic rings. The van der Waals surface area contributed by atoms with Crippen LogP contribution in [0.2, 0.25) is 0 Å². The van der Waals surface area contributed by atoms with Crippen molar-refractivity contribution in [2.75, 3.05) is 0 Å². The Kier molecular flexibility index (Phi) is 3.93. The first-order valence-electron chi connectivity index (χ1n) is 8.37. The zero-order chi connectivity index (χ0) is 18.0. The minimum Gasteiger partial charge on any atom is -0.508 e. The number of phenolic OH excluding ortho intramolecular Hbond substituents is 2. The van der Waals surface area contributed by atoms with E-state index in [9.17, 15) is 10.2 Å². The van der Waals surface area contributed by atoms with Gasteiger partial charge >= 0.3 is 0 Å². The molecule has 26 heavy (non-hydrogen) atoms. The van der Waals surface area contributed by atoms with Crippen LogP contribution in [0.3, 0.4) is 0 Å². The van der Waals surface area contributed by atoms with Gasteiger partial charge in [0.2, 0.25) is 0 Å².